The molecular weight excluding hydrogens is 248 g/mol. The van der Waals surface area contributed by atoms with E-state index in [9.17, 15) is 5.26 Å². The Balaban J connectivity index is 2.26. The first-order valence-corrected chi connectivity index (χ1v) is 6.26. The molecule has 0 fully saturated rings. The van der Waals surface area contributed by atoms with E-state index in [1.165, 1.54) is 0 Å². The van der Waals surface area contributed by atoms with E-state index in [1.54, 1.807) is 7.11 Å². The zero-order valence-electron chi connectivity index (χ0n) is 11.0. The van der Waals surface area contributed by atoms with Crippen molar-refractivity contribution < 1.29 is 4.74 Å². The molecule has 0 N–H and O–H groups in total. The van der Waals surface area contributed by atoms with E-state index in [0.29, 0.717) is 5.56 Å². The molecule has 0 amide bonds. The highest BCUT2D eigenvalue weighted by atomic mass is 16.5. The van der Waals surface area contributed by atoms with Gasteiger partial charge in [0.05, 0.1) is 30.0 Å². The van der Waals surface area contributed by atoms with Crippen LogP contribution in [0.3, 0.4) is 0 Å². The number of aromatic nitrogens is 1. The summed E-state index contributed by atoms with van der Waals surface area (Å²) < 4.78 is 5.20. The van der Waals surface area contributed by atoms with Gasteiger partial charge in [-0.1, -0.05) is 30.3 Å². The predicted molar refractivity (Wildman–Crippen MR) is 78.4 cm³/mol. The van der Waals surface area contributed by atoms with Gasteiger partial charge in [0.15, 0.2) is 0 Å². The van der Waals surface area contributed by atoms with Crippen LogP contribution in [0.1, 0.15) is 5.56 Å². The minimum Gasteiger partial charge on any atom is -0.497 e. The monoisotopic (exact) mass is 260 g/mol. The first-order valence-electron chi connectivity index (χ1n) is 6.26. The van der Waals surface area contributed by atoms with Crippen LogP contribution in [-0.2, 0) is 0 Å². The van der Waals surface area contributed by atoms with E-state index in [0.717, 1.165) is 27.9 Å². The lowest BCUT2D eigenvalue weighted by atomic mass is 10.0. The van der Waals surface area contributed by atoms with Crippen LogP contribution in [0, 0.1) is 11.3 Å². The minimum absolute atomic E-state index is 0.604. The van der Waals surface area contributed by atoms with Gasteiger partial charge in [-0.15, -0.1) is 0 Å². The number of hydrogen-bond donors (Lipinski definition) is 0. The zero-order chi connectivity index (χ0) is 13.9. The number of benzene rings is 2. The molecule has 0 aliphatic heterocycles. The van der Waals surface area contributed by atoms with Gasteiger partial charge in [0.25, 0.3) is 0 Å². The summed E-state index contributed by atoms with van der Waals surface area (Å²) in [6, 6.07) is 19.5. The average molecular weight is 260 g/mol. The number of hydrogen-bond acceptors (Lipinski definition) is 3. The van der Waals surface area contributed by atoms with Crippen LogP contribution < -0.4 is 4.74 Å². The van der Waals surface area contributed by atoms with Gasteiger partial charge in [-0.25, -0.2) is 4.98 Å². The van der Waals surface area contributed by atoms with E-state index < -0.39 is 0 Å². The molecule has 3 nitrogen and oxygen atoms in total. The number of rotatable bonds is 2. The van der Waals surface area contributed by atoms with Gasteiger partial charge in [-0.05, 0) is 24.3 Å². The minimum atomic E-state index is 0.604. The van der Waals surface area contributed by atoms with Gasteiger partial charge in [-0.2, -0.15) is 5.26 Å². The smallest absolute Gasteiger partial charge is 0.119 e. The van der Waals surface area contributed by atoms with Crippen molar-refractivity contribution in [3.05, 3.63) is 60.2 Å². The molecule has 96 valence electrons. The lowest BCUT2D eigenvalue weighted by Gasteiger charge is -2.07. The Bertz CT molecular complexity index is 804. The van der Waals surface area contributed by atoms with Crippen molar-refractivity contribution in [2.75, 3.05) is 7.11 Å². The molecular formula is C17H12N2O. The second-order valence-corrected chi connectivity index (χ2v) is 4.42. The van der Waals surface area contributed by atoms with E-state index in [4.69, 9.17) is 4.74 Å². The first-order chi connectivity index (χ1) is 9.81. The predicted octanol–water partition coefficient (Wildman–Crippen LogP) is 3.78. The second kappa shape index (κ2) is 5.02. The van der Waals surface area contributed by atoms with Crippen LogP contribution in [0.15, 0.2) is 54.6 Å². The Kier molecular flexibility index (Phi) is 3.06. The molecule has 0 saturated carbocycles. The third kappa shape index (κ3) is 2.08. The fourth-order valence-corrected chi connectivity index (χ4v) is 2.18. The first kappa shape index (κ1) is 12.2. The molecule has 2 aromatic carbocycles. The quantitative estimate of drug-likeness (QED) is 0.704. The number of fused-ring (bicyclic) bond motifs is 1. The van der Waals surface area contributed by atoms with E-state index >= 15 is 0 Å². The number of pyridine rings is 1. The highest BCUT2D eigenvalue weighted by molar-refractivity contribution is 5.88. The molecule has 0 atom stereocenters. The molecule has 1 heterocycles. The third-order valence-corrected chi connectivity index (χ3v) is 3.21. The summed E-state index contributed by atoms with van der Waals surface area (Å²) in [5.74, 6) is 0.725. The van der Waals surface area contributed by atoms with Gasteiger partial charge in [0, 0.05) is 10.9 Å². The van der Waals surface area contributed by atoms with Crippen LogP contribution in [0.25, 0.3) is 22.2 Å². The Morgan fingerprint density at radius 1 is 1.05 bits per heavy atom. The summed E-state index contributed by atoms with van der Waals surface area (Å²) in [4.78, 5) is 4.62. The van der Waals surface area contributed by atoms with Gasteiger partial charge in [0.2, 0.25) is 0 Å². The topological polar surface area (TPSA) is 45.9 Å². The molecule has 0 radical (unpaired) electrons. The molecule has 3 rings (SSSR count). The van der Waals surface area contributed by atoms with Crippen molar-refractivity contribution in [1.82, 2.24) is 4.98 Å². The van der Waals surface area contributed by atoms with Crippen molar-refractivity contribution in [2.45, 2.75) is 0 Å². The molecule has 3 aromatic rings. The van der Waals surface area contributed by atoms with Crippen molar-refractivity contribution in [1.29, 1.82) is 5.26 Å². The molecule has 0 aliphatic carbocycles. The molecule has 0 bridgehead atoms. The van der Waals surface area contributed by atoms with E-state index in [1.807, 2.05) is 54.6 Å². The maximum absolute atomic E-state index is 9.35. The molecule has 0 saturated heterocycles. The number of nitriles is 1. The maximum Gasteiger partial charge on any atom is 0.119 e. The van der Waals surface area contributed by atoms with Crippen LogP contribution in [0.2, 0.25) is 0 Å². The fourth-order valence-electron chi connectivity index (χ4n) is 2.18. The highest BCUT2D eigenvalue weighted by Gasteiger charge is 2.08. The van der Waals surface area contributed by atoms with Crippen LogP contribution in [0.4, 0.5) is 0 Å². The molecule has 1 aromatic heterocycles. The van der Waals surface area contributed by atoms with Crippen LogP contribution in [0.5, 0.6) is 5.75 Å². The largest absolute Gasteiger partial charge is 0.497 e. The molecule has 0 unspecified atom stereocenters. The second-order valence-electron chi connectivity index (χ2n) is 4.42. The summed E-state index contributed by atoms with van der Waals surface area (Å²) >= 11 is 0. The zero-order valence-corrected chi connectivity index (χ0v) is 11.0. The Labute approximate surface area is 117 Å². The Morgan fingerprint density at radius 3 is 2.55 bits per heavy atom. The lowest BCUT2D eigenvalue weighted by molar-refractivity contribution is 0.415. The number of nitrogens with zero attached hydrogens (tertiary/aromatic N) is 2. The third-order valence-electron chi connectivity index (χ3n) is 3.21. The summed E-state index contributed by atoms with van der Waals surface area (Å²) in [6.45, 7) is 0. The van der Waals surface area contributed by atoms with Crippen molar-refractivity contribution in [3.8, 4) is 23.1 Å². The normalized spacial score (nSPS) is 10.2. The summed E-state index contributed by atoms with van der Waals surface area (Å²) in [5, 5.41) is 10.2. The molecule has 20 heavy (non-hydrogen) atoms. The van der Waals surface area contributed by atoms with E-state index in [2.05, 4.69) is 11.1 Å². The Morgan fingerprint density at radius 2 is 1.85 bits per heavy atom. The van der Waals surface area contributed by atoms with Crippen molar-refractivity contribution in [3.63, 3.8) is 0 Å². The van der Waals surface area contributed by atoms with Gasteiger partial charge in [0.1, 0.15) is 5.75 Å². The molecule has 0 aliphatic rings. The highest BCUT2D eigenvalue weighted by Crippen LogP contribution is 2.27. The molecule has 3 heteroatoms. The van der Waals surface area contributed by atoms with Crippen LogP contribution >= 0.6 is 0 Å². The maximum atomic E-state index is 9.35. The fraction of sp³-hybridized carbons (Fsp3) is 0.0588. The van der Waals surface area contributed by atoms with Gasteiger partial charge in [-0.3, -0.25) is 0 Å². The number of ether oxygens (including phenoxy) is 1. The SMILES string of the molecule is COc1ccc2nc(-c3ccccc3)cc(C#N)c2c1. The standard InChI is InChI=1S/C17H12N2O/c1-20-14-7-8-16-15(10-14)13(11-18)9-17(19-16)12-5-3-2-4-6-12/h2-10H,1H3. The number of methoxy groups -OCH3 is 1. The van der Waals surface area contributed by atoms with Crippen molar-refractivity contribution >= 4 is 10.9 Å². The summed E-state index contributed by atoms with van der Waals surface area (Å²) in [7, 11) is 1.61. The van der Waals surface area contributed by atoms with Crippen LogP contribution in [-0.4, -0.2) is 12.1 Å². The van der Waals surface area contributed by atoms with Crippen molar-refractivity contribution in [2.24, 2.45) is 0 Å². The lowest BCUT2D eigenvalue weighted by Crippen LogP contribution is -1.91. The van der Waals surface area contributed by atoms with Gasteiger partial charge < -0.3 is 4.74 Å². The summed E-state index contributed by atoms with van der Waals surface area (Å²) in [5.41, 5.74) is 3.21. The summed E-state index contributed by atoms with van der Waals surface area (Å²) in [6.07, 6.45) is 0. The van der Waals surface area contributed by atoms with Gasteiger partial charge >= 0.3 is 0 Å². The Hall–Kier alpha value is -2.86. The average Bonchev–Trinajstić information content (AvgIpc) is 2.54. The van der Waals surface area contributed by atoms with E-state index in [-0.39, 0.29) is 0 Å². The molecule has 0 spiro atoms.